The fourth-order valence-electron chi connectivity index (χ4n) is 4.13. The van der Waals surface area contributed by atoms with Crippen LogP contribution in [0.3, 0.4) is 0 Å². The fraction of sp³-hybridized carbons (Fsp3) is 0.458. The smallest absolute Gasteiger partial charge is 0.337 e. The van der Waals surface area contributed by atoms with Crippen LogP contribution >= 0.6 is 0 Å². The van der Waals surface area contributed by atoms with Gasteiger partial charge in [-0.1, -0.05) is 24.3 Å². The molecule has 6 heteroatoms. The molecule has 1 aliphatic rings. The van der Waals surface area contributed by atoms with Crippen molar-refractivity contribution in [2.24, 2.45) is 0 Å². The normalized spacial score (nSPS) is 17.7. The third-order valence-electron chi connectivity index (χ3n) is 5.78. The average molecular weight is 413 g/mol. The number of aliphatic hydroxyl groups is 1. The van der Waals surface area contributed by atoms with Crippen LogP contribution in [0, 0.1) is 6.92 Å². The standard InChI is InChI=1S/C24H32N2O4/c1-18-14-20(6-9-23(18)29-2)16-26-12-11-25(17-22(26)10-13-27)15-19-4-7-21(8-5-19)24(28)30-3/h4-9,14,22,27H,10-13,15-17H2,1-3H3. The average Bonchev–Trinajstić information content (AvgIpc) is 2.76. The zero-order valence-corrected chi connectivity index (χ0v) is 18.1. The Morgan fingerprint density at radius 1 is 1.07 bits per heavy atom. The molecular weight excluding hydrogens is 380 g/mol. The van der Waals surface area contributed by atoms with Crippen LogP contribution in [0.2, 0.25) is 0 Å². The van der Waals surface area contributed by atoms with E-state index in [2.05, 4.69) is 28.9 Å². The van der Waals surface area contributed by atoms with E-state index in [9.17, 15) is 9.90 Å². The summed E-state index contributed by atoms with van der Waals surface area (Å²) in [5.74, 6) is 0.598. The van der Waals surface area contributed by atoms with Crippen LogP contribution in [0.4, 0.5) is 0 Å². The van der Waals surface area contributed by atoms with Crippen molar-refractivity contribution >= 4 is 5.97 Å². The van der Waals surface area contributed by atoms with E-state index < -0.39 is 0 Å². The van der Waals surface area contributed by atoms with Crippen molar-refractivity contribution in [3.63, 3.8) is 0 Å². The summed E-state index contributed by atoms with van der Waals surface area (Å²) in [4.78, 5) is 16.5. The Kier molecular flexibility index (Phi) is 7.85. The lowest BCUT2D eigenvalue weighted by atomic mass is 10.0. The van der Waals surface area contributed by atoms with Gasteiger partial charge in [-0.25, -0.2) is 4.79 Å². The SMILES string of the molecule is COC(=O)c1ccc(CN2CCN(Cc3ccc(OC)c(C)c3)C(CCO)C2)cc1. The molecule has 0 spiro atoms. The second-order valence-electron chi connectivity index (χ2n) is 7.86. The molecule has 1 saturated heterocycles. The summed E-state index contributed by atoms with van der Waals surface area (Å²) in [7, 11) is 3.09. The Labute approximate surface area is 179 Å². The Hall–Kier alpha value is -2.41. The molecule has 1 unspecified atom stereocenters. The van der Waals surface area contributed by atoms with Gasteiger partial charge in [0.15, 0.2) is 0 Å². The molecule has 2 aromatic rings. The minimum atomic E-state index is -0.313. The number of ether oxygens (including phenoxy) is 2. The number of aryl methyl sites for hydroxylation is 1. The molecule has 0 saturated carbocycles. The number of benzene rings is 2. The first kappa shape index (κ1) is 22.3. The van der Waals surface area contributed by atoms with Gasteiger partial charge in [0.25, 0.3) is 0 Å². The highest BCUT2D eigenvalue weighted by molar-refractivity contribution is 5.89. The topological polar surface area (TPSA) is 62.2 Å². The van der Waals surface area contributed by atoms with Crippen LogP contribution in [0.15, 0.2) is 42.5 Å². The monoisotopic (exact) mass is 412 g/mol. The molecule has 1 aliphatic heterocycles. The summed E-state index contributed by atoms with van der Waals surface area (Å²) in [6, 6.07) is 14.2. The van der Waals surface area contributed by atoms with Crippen LogP contribution in [-0.4, -0.2) is 67.4 Å². The summed E-state index contributed by atoms with van der Waals surface area (Å²) < 4.78 is 10.1. The Morgan fingerprint density at radius 3 is 2.43 bits per heavy atom. The summed E-state index contributed by atoms with van der Waals surface area (Å²) in [6.07, 6.45) is 0.757. The lowest BCUT2D eigenvalue weighted by molar-refractivity contribution is 0.0499. The van der Waals surface area contributed by atoms with Crippen molar-refractivity contribution < 1.29 is 19.4 Å². The summed E-state index contributed by atoms with van der Waals surface area (Å²) in [5, 5.41) is 9.59. The highest BCUT2D eigenvalue weighted by Crippen LogP contribution is 2.22. The molecular formula is C24H32N2O4. The Balaban J connectivity index is 1.61. The third-order valence-corrected chi connectivity index (χ3v) is 5.78. The predicted octanol–water partition coefficient (Wildman–Crippen LogP) is 2.86. The van der Waals surface area contributed by atoms with Crippen molar-refractivity contribution in [3.05, 3.63) is 64.7 Å². The van der Waals surface area contributed by atoms with Gasteiger partial charge in [-0.2, -0.15) is 0 Å². The van der Waals surface area contributed by atoms with Gasteiger partial charge in [0.05, 0.1) is 19.8 Å². The first-order chi connectivity index (χ1) is 14.5. The first-order valence-electron chi connectivity index (χ1n) is 10.4. The highest BCUT2D eigenvalue weighted by atomic mass is 16.5. The number of nitrogens with zero attached hydrogens (tertiary/aromatic N) is 2. The molecule has 1 heterocycles. The number of hydrogen-bond donors (Lipinski definition) is 1. The third kappa shape index (κ3) is 5.59. The van der Waals surface area contributed by atoms with E-state index in [-0.39, 0.29) is 12.6 Å². The number of carbonyl (C=O) groups is 1. The molecule has 6 nitrogen and oxygen atoms in total. The molecule has 0 aliphatic carbocycles. The van der Waals surface area contributed by atoms with Crippen molar-refractivity contribution in [1.29, 1.82) is 0 Å². The second kappa shape index (κ2) is 10.6. The lowest BCUT2D eigenvalue weighted by Crippen LogP contribution is -2.52. The van der Waals surface area contributed by atoms with Gasteiger partial charge in [0, 0.05) is 45.4 Å². The van der Waals surface area contributed by atoms with Gasteiger partial charge in [0.2, 0.25) is 0 Å². The number of esters is 1. The molecule has 1 N–H and O–H groups in total. The summed E-state index contributed by atoms with van der Waals surface area (Å²) in [6.45, 7) is 6.79. The molecule has 0 bridgehead atoms. The maximum atomic E-state index is 11.6. The minimum Gasteiger partial charge on any atom is -0.496 e. The Morgan fingerprint density at radius 2 is 1.80 bits per heavy atom. The van der Waals surface area contributed by atoms with E-state index in [1.54, 1.807) is 7.11 Å². The van der Waals surface area contributed by atoms with Crippen molar-refractivity contribution in [2.75, 3.05) is 40.5 Å². The van der Waals surface area contributed by atoms with Crippen molar-refractivity contribution in [1.82, 2.24) is 9.80 Å². The maximum absolute atomic E-state index is 11.6. The molecule has 0 aromatic heterocycles. The molecule has 2 aromatic carbocycles. The van der Waals surface area contributed by atoms with Crippen molar-refractivity contribution in [2.45, 2.75) is 32.5 Å². The van der Waals surface area contributed by atoms with Crippen LogP contribution in [0.25, 0.3) is 0 Å². The highest BCUT2D eigenvalue weighted by Gasteiger charge is 2.26. The predicted molar refractivity (Wildman–Crippen MR) is 117 cm³/mol. The second-order valence-corrected chi connectivity index (χ2v) is 7.86. The van der Waals surface area contributed by atoms with Crippen LogP contribution in [-0.2, 0) is 17.8 Å². The summed E-state index contributed by atoms with van der Waals surface area (Å²) >= 11 is 0. The van der Waals surface area contributed by atoms with E-state index in [0.717, 1.165) is 50.5 Å². The number of aliphatic hydroxyl groups excluding tert-OH is 1. The van der Waals surface area contributed by atoms with Crippen LogP contribution < -0.4 is 4.74 Å². The largest absolute Gasteiger partial charge is 0.496 e. The van der Waals surface area contributed by atoms with Gasteiger partial charge < -0.3 is 14.6 Å². The molecule has 162 valence electrons. The van der Waals surface area contributed by atoms with Gasteiger partial charge in [0.1, 0.15) is 5.75 Å². The van der Waals surface area contributed by atoms with E-state index in [0.29, 0.717) is 11.6 Å². The molecule has 0 amide bonds. The zero-order valence-electron chi connectivity index (χ0n) is 18.1. The fourth-order valence-corrected chi connectivity index (χ4v) is 4.13. The summed E-state index contributed by atoms with van der Waals surface area (Å²) in [5.41, 5.74) is 4.15. The lowest BCUT2D eigenvalue weighted by Gasteiger charge is -2.41. The van der Waals surface area contributed by atoms with Gasteiger partial charge >= 0.3 is 5.97 Å². The van der Waals surface area contributed by atoms with Gasteiger partial charge in [-0.3, -0.25) is 9.80 Å². The number of hydrogen-bond acceptors (Lipinski definition) is 6. The quantitative estimate of drug-likeness (QED) is 0.673. The number of carbonyl (C=O) groups excluding carboxylic acids is 1. The van der Waals surface area contributed by atoms with E-state index >= 15 is 0 Å². The van der Waals surface area contributed by atoms with Gasteiger partial charge in [-0.15, -0.1) is 0 Å². The van der Waals surface area contributed by atoms with E-state index in [1.165, 1.54) is 18.2 Å². The number of methoxy groups -OCH3 is 2. The first-order valence-corrected chi connectivity index (χ1v) is 10.4. The molecule has 0 radical (unpaired) electrons. The molecule has 30 heavy (non-hydrogen) atoms. The molecule has 1 atom stereocenters. The van der Waals surface area contributed by atoms with Gasteiger partial charge in [-0.05, 0) is 48.2 Å². The minimum absolute atomic E-state index is 0.185. The maximum Gasteiger partial charge on any atom is 0.337 e. The molecule has 3 rings (SSSR count). The van der Waals surface area contributed by atoms with E-state index in [1.807, 2.05) is 30.3 Å². The van der Waals surface area contributed by atoms with Crippen molar-refractivity contribution in [3.8, 4) is 5.75 Å². The number of piperazine rings is 1. The Bertz CT molecular complexity index is 838. The van der Waals surface area contributed by atoms with Crippen LogP contribution in [0.5, 0.6) is 5.75 Å². The van der Waals surface area contributed by atoms with E-state index in [4.69, 9.17) is 9.47 Å². The zero-order chi connectivity index (χ0) is 21.5. The van der Waals surface area contributed by atoms with Crippen LogP contribution in [0.1, 0.15) is 33.5 Å². The number of rotatable bonds is 8. The molecule has 1 fully saturated rings.